The van der Waals surface area contributed by atoms with Crippen molar-refractivity contribution in [2.45, 2.75) is 19.3 Å². The van der Waals surface area contributed by atoms with Crippen LogP contribution in [0, 0.1) is 11.8 Å². The van der Waals surface area contributed by atoms with Crippen molar-refractivity contribution in [1.29, 1.82) is 0 Å². The third-order valence-electron chi connectivity index (χ3n) is 5.12. The topological polar surface area (TPSA) is 30.0 Å². The van der Waals surface area contributed by atoms with E-state index in [1.165, 1.54) is 0 Å². The highest BCUT2D eigenvalue weighted by molar-refractivity contribution is 5.81. The van der Waals surface area contributed by atoms with Crippen LogP contribution in [0.15, 0.2) is 103 Å². The Morgan fingerprint density at radius 2 is 1.52 bits per heavy atom. The van der Waals surface area contributed by atoms with Crippen molar-refractivity contribution in [3.8, 4) is 23.0 Å². The maximum atomic E-state index is 12.3. The van der Waals surface area contributed by atoms with Gasteiger partial charge in [-0.1, -0.05) is 78.6 Å². The van der Waals surface area contributed by atoms with Gasteiger partial charge in [-0.05, 0) is 52.9 Å². The molecule has 2 nitrogen and oxygen atoms in total. The molecule has 150 valence electrons. The average molecular weight is 402 g/mol. The molecule has 0 atom stereocenters. The summed E-state index contributed by atoms with van der Waals surface area (Å²) < 4.78 is 0. The Kier molecular flexibility index (Phi) is 6.67. The van der Waals surface area contributed by atoms with Crippen molar-refractivity contribution in [3.05, 3.63) is 126 Å². The minimum absolute atomic E-state index is 0.236. The SMILES string of the molecule is O=C(CCc1cccnc1)Cc1ccc(C#Cc2ccccc2-c2ccccc2)cc1. The fourth-order valence-electron chi connectivity index (χ4n) is 3.45. The fraction of sp³-hybridized carbons (Fsp3) is 0.103. The predicted molar refractivity (Wildman–Crippen MR) is 126 cm³/mol. The van der Waals surface area contributed by atoms with Gasteiger partial charge in [0.05, 0.1) is 0 Å². The molecule has 0 aliphatic carbocycles. The van der Waals surface area contributed by atoms with E-state index < -0.39 is 0 Å². The molecule has 0 saturated heterocycles. The number of aryl methyl sites for hydroxylation is 1. The number of aromatic nitrogens is 1. The first-order chi connectivity index (χ1) is 15.3. The maximum absolute atomic E-state index is 12.3. The van der Waals surface area contributed by atoms with Gasteiger partial charge in [0.25, 0.3) is 0 Å². The number of carbonyl (C=O) groups excluding carboxylic acids is 1. The van der Waals surface area contributed by atoms with Gasteiger partial charge in [0.2, 0.25) is 0 Å². The summed E-state index contributed by atoms with van der Waals surface area (Å²) in [6, 6.07) is 30.3. The second-order valence-corrected chi connectivity index (χ2v) is 7.44. The van der Waals surface area contributed by atoms with Gasteiger partial charge in [-0.15, -0.1) is 0 Å². The van der Waals surface area contributed by atoms with E-state index in [9.17, 15) is 4.79 Å². The number of pyridine rings is 1. The first-order valence-electron chi connectivity index (χ1n) is 10.4. The number of Topliss-reactive ketones (excluding diaryl/α,β-unsaturated/α-hetero) is 1. The van der Waals surface area contributed by atoms with Gasteiger partial charge in [-0.2, -0.15) is 0 Å². The third-order valence-corrected chi connectivity index (χ3v) is 5.12. The van der Waals surface area contributed by atoms with E-state index in [0.717, 1.165) is 39.8 Å². The number of hydrogen-bond donors (Lipinski definition) is 0. The lowest BCUT2D eigenvalue weighted by Crippen LogP contribution is -2.04. The Bertz CT molecular complexity index is 1200. The predicted octanol–water partition coefficient (Wildman–Crippen LogP) is 5.89. The van der Waals surface area contributed by atoms with Crippen LogP contribution in [-0.2, 0) is 17.6 Å². The normalized spacial score (nSPS) is 10.2. The van der Waals surface area contributed by atoms with Gasteiger partial charge in [0.15, 0.2) is 0 Å². The molecule has 0 N–H and O–H groups in total. The molecule has 1 aromatic heterocycles. The minimum atomic E-state index is 0.236. The van der Waals surface area contributed by atoms with Crippen LogP contribution in [0.4, 0.5) is 0 Å². The molecule has 0 bridgehead atoms. The number of carbonyl (C=O) groups is 1. The van der Waals surface area contributed by atoms with Gasteiger partial charge in [-0.3, -0.25) is 9.78 Å². The Morgan fingerprint density at radius 3 is 2.29 bits per heavy atom. The van der Waals surface area contributed by atoms with Crippen molar-refractivity contribution in [2.75, 3.05) is 0 Å². The first-order valence-corrected chi connectivity index (χ1v) is 10.4. The number of benzene rings is 3. The van der Waals surface area contributed by atoms with Crippen LogP contribution >= 0.6 is 0 Å². The number of rotatable bonds is 6. The van der Waals surface area contributed by atoms with E-state index in [0.29, 0.717) is 12.8 Å². The van der Waals surface area contributed by atoms with E-state index in [1.807, 2.05) is 79.0 Å². The third kappa shape index (κ3) is 5.78. The van der Waals surface area contributed by atoms with Crippen molar-refractivity contribution in [1.82, 2.24) is 4.98 Å². The summed E-state index contributed by atoms with van der Waals surface area (Å²) >= 11 is 0. The summed E-state index contributed by atoms with van der Waals surface area (Å²) in [4.78, 5) is 16.4. The molecule has 3 aromatic carbocycles. The quantitative estimate of drug-likeness (QED) is 0.377. The number of ketones is 1. The zero-order chi connectivity index (χ0) is 21.3. The second-order valence-electron chi connectivity index (χ2n) is 7.44. The largest absolute Gasteiger partial charge is 0.299 e. The molecule has 0 radical (unpaired) electrons. The number of hydrogen-bond acceptors (Lipinski definition) is 2. The lowest BCUT2D eigenvalue weighted by Gasteiger charge is -2.04. The van der Waals surface area contributed by atoms with Gasteiger partial charge >= 0.3 is 0 Å². The zero-order valence-corrected chi connectivity index (χ0v) is 17.3. The number of nitrogens with zero attached hydrogens (tertiary/aromatic N) is 1. The Morgan fingerprint density at radius 1 is 0.742 bits per heavy atom. The summed E-state index contributed by atoms with van der Waals surface area (Å²) in [5.41, 5.74) is 6.35. The summed E-state index contributed by atoms with van der Waals surface area (Å²) in [7, 11) is 0. The van der Waals surface area contributed by atoms with Crippen molar-refractivity contribution >= 4 is 5.78 Å². The molecule has 31 heavy (non-hydrogen) atoms. The monoisotopic (exact) mass is 401 g/mol. The van der Waals surface area contributed by atoms with Crippen LogP contribution in [0.1, 0.15) is 28.7 Å². The highest BCUT2D eigenvalue weighted by Crippen LogP contribution is 2.22. The van der Waals surface area contributed by atoms with E-state index in [2.05, 4.69) is 35.0 Å². The first kappa shape index (κ1) is 20.3. The molecule has 0 fully saturated rings. The molecule has 0 amide bonds. The summed E-state index contributed by atoms with van der Waals surface area (Å²) in [6.45, 7) is 0. The highest BCUT2D eigenvalue weighted by Gasteiger charge is 2.05. The minimum Gasteiger partial charge on any atom is -0.299 e. The molecular weight excluding hydrogens is 378 g/mol. The molecular formula is C29H23NO. The van der Waals surface area contributed by atoms with Crippen LogP contribution in [0.3, 0.4) is 0 Å². The van der Waals surface area contributed by atoms with Crippen molar-refractivity contribution < 1.29 is 4.79 Å². The van der Waals surface area contributed by atoms with Crippen molar-refractivity contribution in [2.24, 2.45) is 0 Å². The smallest absolute Gasteiger partial charge is 0.137 e. The van der Waals surface area contributed by atoms with E-state index in [-0.39, 0.29) is 5.78 Å². The molecule has 1 heterocycles. The molecule has 0 spiro atoms. The van der Waals surface area contributed by atoms with E-state index >= 15 is 0 Å². The van der Waals surface area contributed by atoms with E-state index in [1.54, 1.807) is 6.20 Å². The molecule has 4 aromatic rings. The maximum Gasteiger partial charge on any atom is 0.137 e. The molecule has 0 unspecified atom stereocenters. The van der Waals surface area contributed by atoms with Crippen molar-refractivity contribution in [3.63, 3.8) is 0 Å². The zero-order valence-electron chi connectivity index (χ0n) is 17.3. The molecule has 0 aliphatic rings. The molecule has 0 saturated carbocycles. The van der Waals surface area contributed by atoms with Gasteiger partial charge < -0.3 is 0 Å². The fourth-order valence-corrected chi connectivity index (χ4v) is 3.45. The molecule has 4 rings (SSSR count). The Hall–Kier alpha value is -3.96. The average Bonchev–Trinajstić information content (AvgIpc) is 2.84. The summed E-state index contributed by atoms with van der Waals surface area (Å²) in [5.74, 6) is 6.80. The summed E-state index contributed by atoms with van der Waals surface area (Å²) in [6.07, 6.45) is 5.28. The van der Waals surface area contributed by atoms with Crippen LogP contribution < -0.4 is 0 Å². The van der Waals surface area contributed by atoms with Crippen LogP contribution in [0.25, 0.3) is 11.1 Å². The Balaban J connectivity index is 1.40. The molecule has 0 aliphatic heterocycles. The summed E-state index contributed by atoms with van der Waals surface area (Å²) in [5, 5.41) is 0. The highest BCUT2D eigenvalue weighted by atomic mass is 16.1. The van der Waals surface area contributed by atoms with Gasteiger partial charge in [0, 0.05) is 36.4 Å². The van der Waals surface area contributed by atoms with Crippen LogP contribution in [-0.4, -0.2) is 10.8 Å². The van der Waals surface area contributed by atoms with Gasteiger partial charge in [0.1, 0.15) is 5.78 Å². The lowest BCUT2D eigenvalue weighted by atomic mass is 9.99. The molecule has 2 heteroatoms. The Labute approximate surface area is 183 Å². The van der Waals surface area contributed by atoms with Crippen LogP contribution in [0.5, 0.6) is 0 Å². The standard InChI is InChI=1S/C29H23NO/c31-28(19-17-25-7-6-20-30-22-25)21-24-14-12-23(13-15-24)16-18-27-10-4-5-11-29(27)26-8-2-1-3-9-26/h1-15,20,22H,17,19,21H2. The van der Waals surface area contributed by atoms with Crippen LogP contribution in [0.2, 0.25) is 0 Å². The second kappa shape index (κ2) is 10.2. The lowest BCUT2D eigenvalue weighted by molar-refractivity contribution is -0.118. The van der Waals surface area contributed by atoms with E-state index in [4.69, 9.17) is 0 Å². The van der Waals surface area contributed by atoms with Gasteiger partial charge in [-0.25, -0.2) is 0 Å².